The number of rotatable bonds is 4. The second-order valence-corrected chi connectivity index (χ2v) is 3.33. The molecule has 0 radical (unpaired) electrons. The minimum Gasteiger partial charge on any atom is -0.493 e. The molecule has 1 aromatic rings. The Balaban J connectivity index is 3.37. The van der Waals surface area contributed by atoms with E-state index in [0.717, 1.165) is 0 Å². The first-order valence-corrected chi connectivity index (χ1v) is 4.94. The third-order valence-electron chi connectivity index (χ3n) is 2.11. The lowest BCUT2D eigenvalue weighted by Gasteiger charge is -2.13. The van der Waals surface area contributed by atoms with Gasteiger partial charge in [-0.05, 0) is 6.07 Å². The molecule has 0 heterocycles. The first kappa shape index (κ1) is 13.0. The SMILES string of the molecule is COc1ccc(C(C#N)N=C=O)c(Cl)c1OC. The van der Waals surface area contributed by atoms with Gasteiger partial charge in [-0.25, -0.2) is 4.79 Å². The fourth-order valence-corrected chi connectivity index (χ4v) is 1.67. The Morgan fingerprint density at radius 3 is 2.59 bits per heavy atom. The van der Waals surface area contributed by atoms with Crippen molar-refractivity contribution in [3.63, 3.8) is 0 Å². The molecule has 0 N–H and O–H groups in total. The number of isocyanates is 1. The van der Waals surface area contributed by atoms with Gasteiger partial charge in [-0.1, -0.05) is 17.7 Å². The lowest BCUT2D eigenvalue weighted by atomic mass is 10.1. The molecule has 0 saturated carbocycles. The van der Waals surface area contributed by atoms with Gasteiger partial charge in [-0.2, -0.15) is 10.3 Å². The van der Waals surface area contributed by atoms with Gasteiger partial charge in [0, 0.05) is 5.56 Å². The summed E-state index contributed by atoms with van der Waals surface area (Å²) in [5.74, 6) is 0.737. The summed E-state index contributed by atoms with van der Waals surface area (Å²) in [6.45, 7) is 0. The third-order valence-corrected chi connectivity index (χ3v) is 2.50. The Labute approximate surface area is 103 Å². The molecule has 1 unspecified atom stereocenters. The van der Waals surface area contributed by atoms with Crippen molar-refractivity contribution in [3.8, 4) is 17.6 Å². The molecule has 0 amide bonds. The van der Waals surface area contributed by atoms with Crippen molar-refractivity contribution in [1.29, 1.82) is 5.26 Å². The van der Waals surface area contributed by atoms with Crippen LogP contribution >= 0.6 is 11.6 Å². The van der Waals surface area contributed by atoms with Crippen LogP contribution < -0.4 is 9.47 Å². The number of benzene rings is 1. The molecule has 88 valence electrons. The Bertz CT molecular complexity index is 504. The van der Waals surface area contributed by atoms with Crippen LogP contribution in [0.4, 0.5) is 0 Å². The van der Waals surface area contributed by atoms with Crippen LogP contribution in [-0.2, 0) is 4.79 Å². The van der Waals surface area contributed by atoms with E-state index in [0.29, 0.717) is 17.1 Å². The number of aliphatic imine (C=N–C) groups is 1. The Kier molecular flexibility index (Phi) is 4.53. The number of nitrogens with zero attached hydrogens (tertiary/aromatic N) is 2. The van der Waals surface area contributed by atoms with E-state index < -0.39 is 6.04 Å². The molecular weight excluding hydrogens is 244 g/mol. The molecule has 5 nitrogen and oxygen atoms in total. The van der Waals surface area contributed by atoms with E-state index in [-0.39, 0.29) is 5.02 Å². The predicted octanol–water partition coefficient (Wildman–Crippen LogP) is 2.26. The highest BCUT2D eigenvalue weighted by Gasteiger charge is 2.19. The van der Waals surface area contributed by atoms with Crippen molar-refractivity contribution >= 4 is 17.7 Å². The van der Waals surface area contributed by atoms with Gasteiger partial charge in [-0.3, -0.25) is 0 Å². The predicted molar refractivity (Wildman–Crippen MR) is 61.0 cm³/mol. The lowest BCUT2D eigenvalue weighted by molar-refractivity contribution is 0.354. The summed E-state index contributed by atoms with van der Waals surface area (Å²) >= 11 is 6.06. The fraction of sp³-hybridized carbons (Fsp3) is 0.273. The molecule has 1 atom stereocenters. The van der Waals surface area contributed by atoms with E-state index >= 15 is 0 Å². The lowest BCUT2D eigenvalue weighted by Crippen LogP contribution is -1.98. The fourth-order valence-electron chi connectivity index (χ4n) is 1.34. The van der Waals surface area contributed by atoms with Crippen molar-refractivity contribution < 1.29 is 14.3 Å². The second kappa shape index (κ2) is 5.90. The Hall–Kier alpha value is -2.02. The third kappa shape index (κ3) is 2.56. The van der Waals surface area contributed by atoms with Crippen LogP contribution in [0.5, 0.6) is 11.5 Å². The molecule has 0 spiro atoms. The van der Waals surface area contributed by atoms with Crippen LogP contribution in [0.15, 0.2) is 17.1 Å². The molecule has 1 rings (SSSR count). The summed E-state index contributed by atoms with van der Waals surface area (Å²) in [7, 11) is 2.90. The van der Waals surface area contributed by atoms with Gasteiger partial charge in [0.15, 0.2) is 17.5 Å². The monoisotopic (exact) mass is 252 g/mol. The molecule has 0 bridgehead atoms. The van der Waals surface area contributed by atoms with Crippen molar-refractivity contribution in [3.05, 3.63) is 22.7 Å². The number of methoxy groups -OCH3 is 2. The van der Waals surface area contributed by atoms with Crippen molar-refractivity contribution in [2.75, 3.05) is 14.2 Å². The average Bonchev–Trinajstić information content (AvgIpc) is 2.36. The number of nitriles is 1. The first-order valence-electron chi connectivity index (χ1n) is 4.56. The van der Waals surface area contributed by atoms with E-state index in [1.807, 2.05) is 6.07 Å². The summed E-state index contributed by atoms with van der Waals surface area (Å²) in [4.78, 5) is 13.6. The normalized spacial score (nSPS) is 10.9. The Morgan fingerprint density at radius 2 is 2.12 bits per heavy atom. The molecule has 17 heavy (non-hydrogen) atoms. The summed E-state index contributed by atoms with van der Waals surface area (Å²) in [5, 5.41) is 9.06. The highest BCUT2D eigenvalue weighted by molar-refractivity contribution is 6.33. The average molecular weight is 253 g/mol. The first-order chi connectivity index (χ1) is 8.19. The second-order valence-electron chi connectivity index (χ2n) is 2.96. The van der Waals surface area contributed by atoms with Crippen LogP contribution in [0.1, 0.15) is 11.6 Å². The van der Waals surface area contributed by atoms with Gasteiger partial charge < -0.3 is 9.47 Å². The minimum absolute atomic E-state index is 0.192. The molecule has 0 aromatic heterocycles. The largest absolute Gasteiger partial charge is 0.493 e. The van der Waals surface area contributed by atoms with Crippen LogP contribution in [-0.4, -0.2) is 20.3 Å². The number of carbonyl (C=O) groups excluding carboxylic acids is 1. The maximum absolute atomic E-state index is 10.2. The van der Waals surface area contributed by atoms with Crippen molar-refractivity contribution in [2.45, 2.75) is 6.04 Å². The van der Waals surface area contributed by atoms with Crippen LogP contribution in [0.2, 0.25) is 5.02 Å². The van der Waals surface area contributed by atoms with Crippen molar-refractivity contribution in [1.82, 2.24) is 0 Å². The van der Waals surface area contributed by atoms with Gasteiger partial charge in [-0.15, -0.1) is 0 Å². The molecule has 0 saturated heterocycles. The number of hydrogen-bond acceptors (Lipinski definition) is 5. The van der Waals surface area contributed by atoms with E-state index in [4.69, 9.17) is 26.3 Å². The van der Waals surface area contributed by atoms with Crippen LogP contribution in [0.25, 0.3) is 0 Å². The highest BCUT2D eigenvalue weighted by atomic mass is 35.5. The number of hydrogen-bond donors (Lipinski definition) is 0. The summed E-state index contributed by atoms with van der Waals surface area (Å²) in [5.41, 5.74) is 0.371. The smallest absolute Gasteiger partial charge is 0.236 e. The maximum Gasteiger partial charge on any atom is 0.236 e. The van der Waals surface area contributed by atoms with Gasteiger partial charge >= 0.3 is 0 Å². The van der Waals surface area contributed by atoms with Gasteiger partial charge in [0.05, 0.1) is 25.3 Å². The van der Waals surface area contributed by atoms with Gasteiger partial charge in [0.1, 0.15) is 0 Å². The highest BCUT2D eigenvalue weighted by Crippen LogP contribution is 2.40. The van der Waals surface area contributed by atoms with Gasteiger partial charge in [0.25, 0.3) is 0 Å². The molecular formula is C11H9ClN2O3. The van der Waals surface area contributed by atoms with Crippen LogP contribution in [0, 0.1) is 11.3 Å². The number of halogens is 1. The zero-order valence-corrected chi connectivity index (χ0v) is 9.99. The quantitative estimate of drug-likeness (QED) is 0.609. The van der Waals surface area contributed by atoms with E-state index in [1.165, 1.54) is 20.3 Å². The number of ether oxygens (including phenoxy) is 2. The summed E-state index contributed by atoms with van der Waals surface area (Å²) < 4.78 is 10.1. The van der Waals surface area contributed by atoms with Crippen molar-refractivity contribution in [2.24, 2.45) is 4.99 Å². The molecule has 1 aromatic carbocycles. The van der Waals surface area contributed by atoms with Crippen LogP contribution in [0.3, 0.4) is 0 Å². The van der Waals surface area contributed by atoms with E-state index in [1.54, 1.807) is 12.1 Å². The molecule has 0 fully saturated rings. The molecule has 0 aliphatic heterocycles. The Morgan fingerprint density at radius 1 is 1.41 bits per heavy atom. The standard InChI is InChI=1S/C11H9ClN2O3/c1-16-9-4-3-7(8(5-13)14-6-15)10(12)11(9)17-2/h3-4,8H,1-2H3. The topological polar surface area (TPSA) is 71.7 Å². The zero-order chi connectivity index (χ0) is 12.8. The summed E-state index contributed by atoms with van der Waals surface area (Å²) in [6, 6.07) is 3.98. The minimum atomic E-state index is -1.00. The molecule has 0 aliphatic carbocycles. The maximum atomic E-state index is 10.2. The molecule has 0 aliphatic rings. The van der Waals surface area contributed by atoms with Gasteiger partial charge in [0.2, 0.25) is 6.08 Å². The van der Waals surface area contributed by atoms with E-state index in [2.05, 4.69) is 4.99 Å². The summed E-state index contributed by atoms with van der Waals surface area (Å²) in [6.07, 6.45) is 1.33. The molecule has 6 heteroatoms. The zero-order valence-electron chi connectivity index (χ0n) is 9.23. The van der Waals surface area contributed by atoms with E-state index in [9.17, 15) is 4.79 Å².